The van der Waals surface area contributed by atoms with Crippen molar-refractivity contribution in [1.82, 2.24) is 4.90 Å². The highest BCUT2D eigenvalue weighted by Crippen LogP contribution is 2.10. The number of hydrogen-bond donors (Lipinski definition) is 0. The summed E-state index contributed by atoms with van der Waals surface area (Å²) >= 11 is 0. The molecule has 4 nitrogen and oxygen atoms in total. The lowest BCUT2D eigenvalue weighted by atomic mass is 10.3. The smallest absolute Gasteiger partial charge is 0.330 e. The van der Waals surface area contributed by atoms with Crippen LogP contribution in [0.25, 0.3) is 0 Å². The highest BCUT2D eigenvalue weighted by atomic mass is 16.5. The minimum absolute atomic E-state index is 0.145. The van der Waals surface area contributed by atoms with Gasteiger partial charge in [0.2, 0.25) is 5.91 Å². The van der Waals surface area contributed by atoms with Gasteiger partial charge in [-0.05, 0) is 13.3 Å². The molecule has 1 amide bonds. The second kappa shape index (κ2) is 4.79. The van der Waals surface area contributed by atoms with E-state index in [2.05, 4.69) is 6.58 Å². The summed E-state index contributed by atoms with van der Waals surface area (Å²) in [5.41, 5.74) is 0. The molecule has 0 spiro atoms. The van der Waals surface area contributed by atoms with Crippen molar-refractivity contribution in [2.75, 3.05) is 13.1 Å². The van der Waals surface area contributed by atoms with Crippen LogP contribution in [0.2, 0.25) is 0 Å². The van der Waals surface area contributed by atoms with Crippen molar-refractivity contribution >= 4 is 11.9 Å². The van der Waals surface area contributed by atoms with Crippen LogP contribution in [-0.4, -0.2) is 36.0 Å². The zero-order valence-corrected chi connectivity index (χ0v) is 8.36. The quantitative estimate of drug-likeness (QED) is 0.493. The number of nitrogens with zero attached hydrogens (tertiary/aromatic N) is 1. The van der Waals surface area contributed by atoms with E-state index >= 15 is 0 Å². The second-order valence-corrected chi connectivity index (χ2v) is 3.39. The summed E-state index contributed by atoms with van der Waals surface area (Å²) in [6.07, 6.45) is 2.38. The van der Waals surface area contributed by atoms with E-state index in [4.69, 9.17) is 4.74 Å². The summed E-state index contributed by atoms with van der Waals surface area (Å²) in [6.45, 7) is 6.33. The van der Waals surface area contributed by atoms with E-state index < -0.39 is 5.97 Å². The van der Waals surface area contributed by atoms with Crippen molar-refractivity contribution in [3.05, 3.63) is 12.7 Å². The normalized spacial score (nSPS) is 18.1. The average molecular weight is 197 g/mol. The lowest BCUT2D eigenvalue weighted by Crippen LogP contribution is -2.34. The van der Waals surface area contributed by atoms with Gasteiger partial charge in [-0.2, -0.15) is 0 Å². The highest BCUT2D eigenvalue weighted by Gasteiger charge is 2.22. The van der Waals surface area contributed by atoms with Gasteiger partial charge in [0.05, 0.1) is 6.54 Å². The standard InChI is InChI=1S/C10H15NO3/c1-3-10(13)14-8(2)7-11-6-4-5-9(11)12/h3,8H,1,4-7H2,2H3. The largest absolute Gasteiger partial charge is 0.458 e. The summed E-state index contributed by atoms with van der Waals surface area (Å²) in [5.74, 6) is -0.296. The zero-order valence-electron chi connectivity index (χ0n) is 8.36. The molecule has 0 aromatic heterocycles. The Morgan fingerprint density at radius 3 is 3.00 bits per heavy atom. The van der Waals surface area contributed by atoms with E-state index in [9.17, 15) is 9.59 Å². The van der Waals surface area contributed by atoms with Gasteiger partial charge in [-0.15, -0.1) is 0 Å². The molecule has 1 rings (SSSR count). The van der Waals surface area contributed by atoms with E-state index in [0.717, 1.165) is 19.0 Å². The fraction of sp³-hybridized carbons (Fsp3) is 0.600. The second-order valence-electron chi connectivity index (χ2n) is 3.39. The van der Waals surface area contributed by atoms with Crippen LogP contribution in [0.3, 0.4) is 0 Å². The highest BCUT2D eigenvalue weighted by molar-refractivity contribution is 5.81. The first-order valence-corrected chi connectivity index (χ1v) is 4.74. The molecular weight excluding hydrogens is 182 g/mol. The van der Waals surface area contributed by atoms with Gasteiger partial charge in [0.15, 0.2) is 0 Å². The number of likely N-dealkylation sites (tertiary alicyclic amines) is 1. The minimum atomic E-state index is -0.441. The Kier molecular flexibility index (Phi) is 3.68. The van der Waals surface area contributed by atoms with Crippen LogP contribution >= 0.6 is 0 Å². The molecule has 1 saturated heterocycles. The van der Waals surface area contributed by atoms with Crippen molar-refractivity contribution in [3.63, 3.8) is 0 Å². The monoisotopic (exact) mass is 197 g/mol. The maximum absolute atomic E-state index is 11.2. The molecule has 0 N–H and O–H groups in total. The van der Waals surface area contributed by atoms with Crippen molar-refractivity contribution in [2.24, 2.45) is 0 Å². The van der Waals surface area contributed by atoms with Gasteiger partial charge >= 0.3 is 5.97 Å². The Morgan fingerprint density at radius 1 is 1.79 bits per heavy atom. The van der Waals surface area contributed by atoms with Crippen LogP contribution in [0, 0.1) is 0 Å². The van der Waals surface area contributed by atoms with Crippen molar-refractivity contribution in [2.45, 2.75) is 25.9 Å². The van der Waals surface area contributed by atoms with Gasteiger partial charge in [-0.3, -0.25) is 4.79 Å². The number of esters is 1. The summed E-state index contributed by atoms with van der Waals surface area (Å²) in [6, 6.07) is 0. The van der Waals surface area contributed by atoms with Crippen molar-refractivity contribution in [3.8, 4) is 0 Å². The third-order valence-electron chi connectivity index (χ3n) is 2.13. The molecule has 0 aromatic carbocycles. The van der Waals surface area contributed by atoms with Crippen LogP contribution in [0.1, 0.15) is 19.8 Å². The molecule has 0 bridgehead atoms. The number of hydrogen-bond acceptors (Lipinski definition) is 3. The molecule has 1 unspecified atom stereocenters. The first-order chi connectivity index (χ1) is 6.63. The fourth-order valence-corrected chi connectivity index (χ4v) is 1.49. The minimum Gasteiger partial charge on any atom is -0.458 e. The maximum atomic E-state index is 11.2. The van der Waals surface area contributed by atoms with Gasteiger partial charge in [-0.1, -0.05) is 6.58 Å². The van der Waals surface area contributed by atoms with E-state index in [0.29, 0.717) is 13.0 Å². The summed E-state index contributed by atoms with van der Waals surface area (Å²) in [7, 11) is 0. The lowest BCUT2D eigenvalue weighted by molar-refractivity contribution is -0.145. The first kappa shape index (κ1) is 10.8. The van der Waals surface area contributed by atoms with Gasteiger partial charge in [0.25, 0.3) is 0 Å². The number of amides is 1. The van der Waals surface area contributed by atoms with Crippen LogP contribution < -0.4 is 0 Å². The Bertz CT molecular complexity index is 250. The van der Waals surface area contributed by atoms with Crippen LogP contribution in [0.5, 0.6) is 0 Å². The summed E-state index contributed by atoms with van der Waals surface area (Å²) in [5, 5.41) is 0. The predicted molar refractivity (Wildman–Crippen MR) is 51.6 cm³/mol. The summed E-state index contributed by atoms with van der Waals surface area (Å²) in [4.78, 5) is 23.8. The maximum Gasteiger partial charge on any atom is 0.330 e. The van der Waals surface area contributed by atoms with Crippen molar-refractivity contribution < 1.29 is 14.3 Å². The molecule has 0 radical (unpaired) electrons. The van der Waals surface area contributed by atoms with Crippen LogP contribution in [0.15, 0.2) is 12.7 Å². The van der Waals surface area contributed by atoms with Crippen LogP contribution in [-0.2, 0) is 14.3 Å². The molecule has 0 saturated carbocycles. The number of carbonyl (C=O) groups is 2. The van der Waals surface area contributed by atoms with Gasteiger partial charge in [0, 0.05) is 19.0 Å². The molecular formula is C10H15NO3. The molecule has 1 aliphatic rings. The number of rotatable bonds is 4. The van der Waals surface area contributed by atoms with Crippen LogP contribution in [0.4, 0.5) is 0 Å². The summed E-state index contributed by atoms with van der Waals surface area (Å²) < 4.78 is 4.96. The average Bonchev–Trinajstić information content (AvgIpc) is 2.51. The number of carbonyl (C=O) groups excluding carboxylic acids is 2. The molecule has 0 aliphatic carbocycles. The molecule has 0 aromatic rings. The topological polar surface area (TPSA) is 46.6 Å². The Labute approximate surface area is 83.5 Å². The molecule has 14 heavy (non-hydrogen) atoms. The van der Waals surface area contributed by atoms with E-state index in [1.165, 1.54) is 0 Å². The first-order valence-electron chi connectivity index (χ1n) is 4.74. The molecule has 1 aliphatic heterocycles. The molecule has 1 atom stereocenters. The van der Waals surface area contributed by atoms with Gasteiger partial charge < -0.3 is 9.64 Å². The number of ether oxygens (including phenoxy) is 1. The van der Waals surface area contributed by atoms with E-state index in [-0.39, 0.29) is 12.0 Å². The Morgan fingerprint density at radius 2 is 2.50 bits per heavy atom. The third kappa shape index (κ3) is 2.87. The molecule has 1 fully saturated rings. The van der Waals surface area contributed by atoms with E-state index in [1.807, 2.05) is 0 Å². The van der Waals surface area contributed by atoms with Gasteiger partial charge in [0.1, 0.15) is 6.10 Å². The Balaban J connectivity index is 2.32. The molecule has 4 heteroatoms. The lowest BCUT2D eigenvalue weighted by Gasteiger charge is -2.20. The van der Waals surface area contributed by atoms with E-state index in [1.54, 1.807) is 11.8 Å². The fourth-order valence-electron chi connectivity index (χ4n) is 1.49. The Hall–Kier alpha value is -1.32. The molecule has 78 valence electrons. The predicted octanol–water partition coefficient (Wildman–Crippen LogP) is 0.726. The van der Waals surface area contributed by atoms with Gasteiger partial charge in [-0.25, -0.2) is 4.79 Å². The molecule has 1 heterocycles. The van der Waals surface area contributed by atoms with Crippen molar-refractivity contribution in [1.29, 1.82) is 0 Å². The zero-order chi connectivity index (χ0) is 10.6. The SMILES string of the molecule is C=CC(=O)OC(C)CN1CCCC1=O. The third-order valence-corrected chi connectivity index (χ3v) is 2.13.